The molecule has 1 aromatic rings. The van der Waals surface area contributed by atoms with E-state index in [1.54, 1.807) is 14.2 Å². The Kier molecular flexibility index (Phi) is 8.89. The van der Waals surface area contributed by atoms with Gasteiger partial charge in [0.2, 0.25) is 0 Å². The van der Waals surface area contributed by atoms with Crippen LogP contribution in [0.25, 0.3) is 0 Å². The number of benzene rings is 1. The molecule has 7 heteroatoms. The van der Waals surface area contributed by atoms with Crippen LogP contribution in [0, 0.1) is 23.7 Å². The average molecular weight is 601 g/mol. The van der Waals surface area contributed by atoms with E-state index in [0.29, 0.717) is 18.4 Å². The summed E-state index contributed by atoms with van der Waals surface area (Å²) >= 11 is 0. The van der Waals surface area contributed by atoms with Gasteiger partial charge < -0.3 is 24.4 Å². The van der Waals surface area contributed by atoms with Gasteiger partial charge in [0.1, 0.15) is 23.9 Å². The maximum absolute atomic E-state index is 6.33. The number of rotatable bonds is 9. The third kappa shape index (κ3) is 6.05. The van der Waals surface area contributed by atoms with Crippen molar-refractivity contribution >= 4 is 11.7 Å². The largest absolute Gasteiger partial charge is 0.494 e. The topological polar surface area (TPSA) is 67.7 Å². The van der Waals surface area contributed by atoms with Crippen LogP contribution in [0.15, 0.2) is 87.3 Å². The van der Waals surface area contributed by atoms with Crippen LogP contribution in [0.1, 0.15) is 59.4 Å². The first kappa shape index (κ1) is 30.8. The Morgan fingerprint density at radius 2 is 1.82 bits per heavy atom. The van der Waals surface area contributed by atoms with E-state index in [-0.39, 0.29) is 12.6 Å². The van der Waals surface area contributed by atoms with Crippen LogP contribution in [0.3, 0.4) is 0 Å². The van der Waals surface area contributed by atoms with Crippen LogP contribution < -0.4 is 5.32 Å². The van der Waals surface area contributed by atoms with Crippen molar-refractivity contribution in [3.63, 3.8) is 0 Å². The standard InChI is InChI=1S/C25H35NO3.C12H15N3.H2/c1-18-9-11-19(12-10-18)15-26-16-21-13-22-14-25(22,28-3)24(27-2)23(21)29-17-20-7-5-4-6-8-20;1-8-13-11(15(2)3)10-6-4-5-9-7-12(9,10)14-8;/h4-8,13,18-19,22,26H,9-12,14-17H2,1-3H3;4-6,9H,7H2,1-3H3;1H. The number of methoxy groups -OCH3 is 2. The Labute approximate surface area is 265 Å². The summed E-state index contributed by atoms with van der Waals surface area (Å²) in [6, 6.07) is 10.3. The number of nitrogens with zero attached hydrogens (tertiary/aromatic N) is 3. The third-order valence-electron chi connectivity index (χ3n) is 10.3. The lowest BCUT2D eigenvalue weighted by Crippen LogP contribution is -2.35. The molecule has 3 fully saturated rings. The average Bonchev–Trinajstić information content (AvgIpc) is 3.93. The molecule has 1 aliphatic heterocycles. The van der Waals surface area contributed by atoms with Crippen molar-refractivity contribution in [2.45, 2.75) is 70.1 Å². The summed E-state index contributed by atoms with van der Waals surface area (Å²) in [6.07, 6.45) is 16.5. The molecule has 0 bridgehead atoms. The van der Waals surface area contributed by atoms with Crippen molar-refractivity contribution in [3.05, 3.63) is 82.9 Å². The number of amidine groups is 2. The molecule has 1 heterocycles. The van der Waals surface area contributed by atoms with Gasteiger partial charge in [0.05, 0.1) is 12.6 Å². The molecule has 44 heavy (non-hydrogen) atoms. The molecule has 1 aromatic carbocycles. The Bertz CT molecular complexity index is 1410. The van der Waals surface area contributed by atoms with Gasteiger partial charge in [-0.05, 0) is 56.6 Å². The number of allylic oxidation sites excluding steroid dienone is 2. The number of ether oxygens (including phenoxy) is 3. The predicted molar refractivity (Wildman–Crippen MR) is 180 cm³/mol. The number of hydrogen-bond acceptors (Lipinski definition) is 7. The molecular formula is C37H52N4O3. The summed E-state index contributed by atoms with van der Waals surface area (Å²) in [6.45, 7) is 6.80. The Morgan fingerprint density at radius 1 is 1.05 bits per heavy atom. The van der Waals surface area contributed by atoms with Crippen molar-refractivity contribution in [3.8, 4) is 0 Å². The molecule has 238 valence electrons. The smallest absolute Gasteiger partial charge is 0.170 e. The molecule has 3 saturated carbocycles. The van der Waals surface area contributed by atoms with E-state index in [0.717, 1.165) is 66.5 Å². The monoisotopic (exact) mass is 600 g/mol. The Morgan fingerprint density at radius 3 is 2.52 bits per heavy atom. The molecule has 1 N–H and O–H groups in total. The third-order valence-corrected chi connectivity index (χ3v) is 10.3. The quantitative estimate of drug-likeness (QED) is 0.342. The molecule has 0 aromatic heterocycles. The molecule has 0 saturated heterocycles. The first-order valence-corrected chi connectivity index (χ1v) is 16.4. The fourth-order valence-corrected chi connectivity index (χ4v) is 7.51. The van der Waals surface area contributed by atoms with E-state index < -0.39 is 0 Å². The summed E-state index contributed by atoms with van der Waals surface area (Å²) in [4.78, 5) is 11.3. The Balaban J connectivity index is 0.000000210. The molecule has 4 atom stereocenters. The first-order chi connectivity index (χ1) is 21.3. The molecule has 6 aliphatic rings. The lowest BCUT2D eigenvalue weighted by molar-refractivity contribution is 0.0350. The number of likely N-dealkylation sites (N-methyl/N-ethyl adjacent to an activating group) is 1. The van der Waals surface area contributed by atoms with E-state index in [1.807, 2.05) is 39.2 Å². The first-order valence-electron chi connectivity index (χ1n) is 16.4. The predicted octanol–water partition coefficient (Wildman–Crippen LogP) is 6.70. The molecule has 0 radical (unpaired) electrons. The van der Waals surface area contributed by atoms with Crippen molar-refractivity contribution in [2.75, 3.05) is 41.4 Å². The number of aliphatic imine (C=N–C) groups is 2. The van der Waals surface area contributed by atoms with Crippen molar-refractivity contribution < 1.29 is 15.6 Å². The van der Waals surface area contributed by atoms with E-state index >= 15 is 0 Å². The lowest BCUT2D eigenvalue weighted by Gasteiger charge is -2.29. The zero-order valence-corrected chi connectivity index (χ0v) is 27.4. The van der Waals surface area contributed by atoms with Gasteiger partial charge in [-0.25, -0.2) is 4.99 Å². The normalized spacial score (nSPS) is 32.8. The van der Waals surface area contributed by atoms with Crippen LogP contribution in [0.2, 0.25) is 0 Å². The van der Waals surface area contributed by atoms with Gasteiger partial charge in [-0.15, -0.1) is 0 Å². The highest BCUT2D eigenvalue weighted by molar-refractivity contribution is 6.10. The minimum atomic E-state index is -0.330. The summed E-state index contributed by atoms with van der Waals surface area (Å²) in [5.41, 5.74) is 3.38. The van der Waals surface area contributed by atoms with Gasteiger partial charge in [-0.3, -0.25) is 4.99 Å². The Hall–Kier alpha value is -3.16. The van der Waals surface area contributed by atoms with Crippen LogP contribution >= 0.6 is 0 Å². The van der Waals surface area contributed by atoms with Gasteiger partial charge in [-0.1, -0.05) is 74.4 Å². The van der Waals surface area contributed by atoms with Gasteiger partial charge >= 0.3 is 0 Å². The van der Waals surface area contributed by atoms with Gasteiger partial charge in [0.25, 0.3) is 0 Å². The second-order valence-corrected chi connectivity index (χ2v) is 13.7. The van der Waals surface area contributed by atoms with Crippen LogP contribution in [0.5, 0.6) is 0 Å². The maximum Gasteiger partial charge on any atom is 0.170 e. The molecule has 5 aliphatic carbocycles. The number of fused-ring (bicyclic) bond motifs is 1. The maximum atomic E-state index is 6.33. The highest BCUT2D eigenvalue weighted by Gasteiger charge is 2.62. The van der Waals surface area contributed by atoms with E-state index in [2.05, 4.69) is 58.6 Å². The number of nitrogens with one attached hydrogen (secondary N) is 1. The zero-order chi connectivity index (χ0) is 30.9. The zero-order valence-electron chi connectivity index (χ0n) is 27.4. The summed E-state index contributed by atoms with van der Waals surface area (Å²) in [5.74, 6) is 6.40. The molecule has 1 spiro atoms. The van der Waals surface area contributed by atoms with Gasteiger partial charge in [0.15, 0.2) is 11.5 Å². The molecule has 7 nitrogen and oxygen atoms in total. The summed E-state index contributed by atoms with van der Waals surface area (Å²) < 4.78 is 18.0. The highest BCUT2D eigenvalue weighted by Crippen LogP contribution is 2.58. The van der Waals surface area contributed by atoms with Gasteiger partial charge in [-0.2, -0.15) is 0 Å². The second-order valence-electron chi connectivity index (χ2n) is 13.7. The molecule has 0 amide bonds. The van der Waals surface area contributed by atoms with Crippen molar-refractivity contribution in [1.82, 2.24) is 10.2 Å². The van der Waals surface area contributed by atoms with Crippen LogP contribution in [-0.4, -0.2) is 69.1 Å². The summed E-state index contributed by atoms with van der Waals surface area (Å²) in [7, 11) is 7.59. The SMILES string of the molecule is CC1=NC23CC2C=CC=C3C(N(C)C)=N1.COC1=C(OCc2ccccc2)C(CNCC2CCC(C)CC2)=CC2CC12OC.[HH]. The van der Waals surface area contributed by atoms with Crippen LogP contribution in [-0.2, 0) is 20.8 Å². The van der Waals surface area contributed by atoms with E-state index in [4.69, 9.17) is 19.2 Å². The lowest BCUT2D eigenvalue weighted by atomic mass is 9.83. The minimum absolute atomic E-state index is 0. The number of hydrogen-bond donors (Lipinski definition) is 1. The van der Waals surface area contributed by atoms with E-state index in [1.165, 1.54) is 36.8 Å². The fraction of sp³-hybridized carbons (Fsp3) is 0.568. The summed E-state index contributed by atoms with van der Waals surface area (Å²) in [5, 5.41) is 3.70. The second kappa shape index (κ2) is 12.7. The molecule has 7 rings (SSSR count). The van der Waals surface area contributed by atoms with E-state index in [9.17, 15) is 0 Å². The minimum Gasteiger partial charge on any atom is -0.494 e. The van der Waals surface area contributed by atoms with Crippen molar-refractivity contribution in [2.24, 2.45) is 33.7 Å². The van der Waals surface area contributed by atoms with Gasteiger partial charge in [0, 0.05) is 52.2 Å². The fourth-order valence-electron chi connectivity index (χ4n) is 7.51. The van der Waals surface area contributed by atoms with Crippen molar-refractivity contribution in [1.29, 1.82) is 0 Å². The highest BCUT2D eigenvalue weighted by atomic mass is 16.6. The van der Waals surface area contributed by atoms with Crippen LogP contribution in [0.4, 0.5) is 0 Å². The molecule has 4 unspecified atom stereocenters. The molecular weight excluding hydrogens is 548 g/mol.